The third kappa shape index (κ3) is 2.88. The van der Waals surface area contributed by atoms with Crippen LogP contribution in [0.4, 0.5) is 14.5 Å². The number of hydrogen-bond donors (Lipinski definition) is 1. The van der Waals surface area contributed by atoms with Crippen LogP contribution in [0.2, 0.25) is 0 Å². The Bertz CT molecular complexity index is 774. The molecule has 0 spiro atoms. The van der Waals surface area contributed by atoms with Crippen molar-refractivity contribution in [3.05, 3.63) is 42.0 Å². The van der Waals surface area contributed by atoms with Crippen molar-refractivity contribution in [3.63, 3.8) is 0 Å². The number of nitrogens with zero attached hydrogens (tertiary/aromatic N) is 3. The number of rotatable bonds is 4. The van der Waals surface area contributed by atoms with Gasteiger partial charge in [-0.2, -0.15) is 4.31 Å². The predicted molar refractivity (Wildman–Crippen MR) is 72.6 cm³/mol. The zero-order valence-electron chi connectivity index (χ0n) is 11.4. The van der Waals surface area contributed by atoms with Crippen molar-refractivity contribution in [2.24, 2.45) is 7.05 Å². The molecular weight excluding hydrogens is 302 g/mol. The number of benzene rings is 1. The van der Waals surface area contributed by atoms with Gasteiger partial charge in [-0.15, -0.1) is 0 Å². The molecule has 0 saturated carbocycles. The maximum absolute atomic E-state index is 13.7. The number of nitrogen functional groups attached to an aromatic ring is 1. The van der Waals surface area contributed by atoms with Crippen LogP contribution < -0.4 is 5.73 Å². The van der Waals surface area contributed by atoms with Crippen molar-refractivity contribution in [3.8, 4) is 0 Å². The third-order valence-electron chi connectivity index (χ3n) is 3.02. The molecule has 2 aromatic rings. The lowest BCUT2D eigenvalue weighted by atomic mass is 10.3. The number of hydrogen-bond acceptors (Lipinski definition) is 4. The summed E-state index contributed by atoms with van der Waals surface area (Å²) in [6.07, 6.45) is 3.18. The van der Waals surface area contributed by atoms with Crippen LogP contribution >= 0.6 is 0 Å². The number of anilines is 1. The van der Waals surface area contributed by atoms with E-state index in [1.54, 1.807) is 17.8 Å². The number of nitrogens with two attached hydrogens (primary N) is 1. The van der Waals surface area contributed by atoms with Gasteiger partial charge in [0.05, 0.1) is 12.2 Å². The van der Waals surface area contributed by atoms with E-state index in [4.69, 9.17) is 5.73 Å². The van der Waals surface area contributed by atoms with Crippen molar-refractivity contribution >= 4 is 15.7 Å². The minimum atomic E-state index is -4.14. The molecule has 0 aliphatic carbocycles. The summed E-state index contributed by atoms with van der Waals surface area (Å²) in [5, 5.41) is 0. The molecule has 0 unspecified atom stereocenters. The molecule has 6 nitrogen and oxygen atoms in total. The highest BCUT2D eigenvalue weighted by molar-refractivity contribution is 7.89. The number of aromatic nitrogens is 2. The van der Waals surface area contributed by atoms with Gasteiger partial charge in [0.2, 0.25) is 10.0 Å². The van der Waals surface area contributed by atoms with Crippen LogP contribution in [0, 0.1) is 11.6 Å². The minimum Gasteiger partial charge on any atom is -0.396 e. The molecule has 9 heteroatoms. The Balaban J connectivity index is 2.38. The lowest BCUT2D eigenvalue weighted by Gasteiger charge is -2.17. The van der Waals surface area contributed by atoms with Gasteiger partial charge in [-0.25, -0.2) is 22.2 Å². The van der Waals surface area contributed by atoms with E-state index in [1.807, 2.05) is 0 Å². The highest BCUT2D eigenvalue weighted by atomic mass is 32.2. The first-order chi connectivity index (χ1) is 9.73. The van der Waals surface area contributed by atoms with Gasteiger partial charge in [0.15, 0.2) is 0 Å². The molecule has 0 aliphatic heterocycles. The van der Waals surface area contributed by atoms with Gasteiger partial charge in [0, 0.05) is 32.6 Å². The fraction of sp³-hybridized carbons (Fsp3) is 0.250. The summed E-state index contributed by atoms with van der Waals surface area (Å²) in [7, 11) is -1.16. The van der Waals surface area contributed by atoms with Crippen LogP contribution in [0.25, 0.3) is 0 Å². The van der Waals surface area contributed by atoms with Crippen molar-refractivity contribution in [2.75, 3.05) is 12.8 Å². The topological polar surface area (TPSA) is 81.2 Å². The molecule has 1 aromatic heterocycles. The maximum Gasteiger partial charge on any atom is 0.246 e. The predicted octanol–water partition coefficient (Wildman–Crippen LogP) is 1.10. The zero-order chi connectivity index (χ0) is 15.8. The van der Waals surface area contributed by atoms with Gasteiger partial charge in [0.25, 0.3) is 0 Å². The summed E-state index contributed by atoms with van der Waals surface area (Å²) < 4.78 is 54.1. The zero-order valence-corrected chi connectivity index (χ0v) is 12.2. The molecule has 0 amide bonds. The van der Waals surface area contributed by atoms with Crippen LogP contribution in [0.15, 0.2) is 29.4 Å². The van der Waals surface area contributed by atoms with Crippen LogP contribution in [0.1, 0.15) is 5.82 Å². The molecule has 114 valence electrons. The first-order valence-corrected chi connectivity index (χ1v) is 7.34. The number of aryl methyl sites for hydroxylation is 1. The molecule has 21 heavy (non-hydrogen) atoms. The minimum absolute atomic E-state index is 0.0530. The smallest absolute Gasteiger partial charge is 0.246 e. The Hall–Kier alpha value is -2.00. The number of sulfonamides is 1. The fourth-order valence-electron chi connectivity index (χ4n) is 1.74. The van der Waals surface area contributed by atoms with Gasteiger partial charge in [0.1, 0.15) is 22.4 Å². The van der Waals surface area contributed by atoms with Gasteiger partial charge in [-0.05, 0) is 6.07 Å². The first kappa shape index (κ1) is 15.4. The lowest BCUT2D eigenvalue weighted by Crippen LogP contribution is -2.28. The monoisotopic (exact) mass is 316 g/mol. The lowest BCUT2D eigenvalue weighted by molar-refractivity contribution is 0.445. The van der Waals surface area contributed by atoms with Crippen molar-refractivity contribution in [2.45, 2.75) is 11.4 Å². The van der Waals surface area contributed by atoms with Gasteiger partial charge < -0.3 is 10.3 Å². The van der Waals surface area contributed by atoms with Crippen molar-refractivity contribution in [1.82, 2.24) is 13.9 Å². The Morgan fingerprint density at radius 2 is 2.00 bits per heavy atom. The second-order valence-electron chi connectivity index (χ2n) is 4.52. The summed E-state index contributed by atoms with van der Waals surface area (Å²) in [4.78, 5) is 3.33. The van der Waals surface area contributed by atoms with E-state index < -0.39 is 32.2 Å². The van der Waals surface area contributed by atoms with Gasteiger partial charge in [-0.1, -0.05) is 0 Å². The normalized spacial score (nSPS) is 12.0. The van der Waals surface area contributed by atoms with E-state index in [2.05, 4.69) is 4.98 Å². The number of imidazole rings is 1. The van der Waals surface area contributed by atoms with Crippen LogP contribution in [-0.2, 0) is 23.6 Å². The van der Waals surface area contributed by atoms with E-state index in [0.29, 0.717) is 11.9 Å². The highest BCUT2D eigenvalue weighted by Crippen LogP contribution is 2.24. The molecule has 2 N–H and O–H groups in total. The molecule has 0 bridgehead atoms. The molecular formula is C12H14F2N4O2S. The first-order valence-electron chi connectivity index (χ1n) is 5.90. The Kier molecular flexibility index (Phi) is 3.97. The standard InChI is InChI=1S/C12H14F2N4O2S/c1-17-4-3-16-12(17)7-18(2)21(19,20)11-6-10(15)8(13)5-9(11)14/h3-6H,7,15H2,1-2H3. The molecule has 0 aliphatic rings. The summed E-state index contributed by atoms with van der Waals surface area (Å²) in [5.74, 6) is -1.71. The highest BCUT2D eigenvalue weighted by Gasteiger charge is 2.26. The Morgan fingerprint density at radius 3 is 2.57 bits per heavy atom. The molecule has 2 rings (SSSR count). The van der Waals surface area contributed by atoms with Crippen LogP contribution in [0.5, 0.6) is 0 Å². The van der Waals surface area contributed by atoms with Gasteiger partial charge in [-0.3, -0.25) is 0 Å². The second-order valence-corrected chi connectivity index (χ2v) is 6.53. The SMILES string of the molecule is CN(Cc1nccn1C)S(=O)(=O)c1cc(N)c(F)cc1F. The summed E-state index contributed by atoms with van der Waals surface area (Å²) in [6.45, 7) is -0.0530. The molecule has 0 fully saturated rings. The average Bonchev–Trinajstić information content (AvgIpc) is 2.79. The summed E-state index contributed by atoms with van der Waals surface area (Å²) in [6, 6.07) is 1.23. The molecule has 0 atom stereocenters. The molecule has 0 saturated heterocycles. The number of halogens is 2. The maximum atomic E-state index is 13.7. The van der Waals surface area contributed by atoms with Crippen LogP contribution in [-0.4, -0.2) is 29.3 Å². The largest absolute Gasteiger partial charge is 0.396 e. The van der Waals surface area contributed by atoms with E-state index in [-0.39, 0.29) is 6.54 Å². The molecule has 1 heterocycles. The Morgan fingerprint density at radius 1 is 1.33 bits per heavy atom. The Labute approximate surface area is 120 Å². The van der Waals surface area contributed by atoms with E-state index in [0.717, 1.165) is 10.4 Å². The summed E-state index contributed by atoms with van der Waals surface area (Å²) in [5.41, 5.74) is 4.88. The fourth-order valence-corrected chi connectivity index (χ4v) is 2.95. The second kappa shape index (κ2) is 5.41. The quantitative estimate of drug-likeness (QED) is 0.857. The van der Waals surface area contributed by atoms with E-state index in [1.165, 1.54) is 13.2 Å². The third-order valence-corrected chi connectivity index (χ3v) is 4.84. The van der Waals surface area contributed by atoms with E-state index in [9.17, 15) is 17.2 Å². The summed E-state index contributed by atoms with van der Waals surface area (Å²) >= 11 is 0. The van der Waals surface area contributed by atoms with Crippen molar-refractivity contribution < 1.29 is 17.2 Å². The average molecular weight is 316 g/mol. The van der Waals surface area contributed by atoms with Crippen molar-refractivity contribution in [1.29, 1.82) is 0 Å². The molecule has 1 aromatic carbocycles. The van der Waals surface area contributed by atoms with Crippen LogP contribution in [0.3, 0.4) is 0 Å². The molecule has 0 radical (unpaired) electrons. The van der Waals surface area contributed by atoms with Gasteiger partial charge >= 0.3 is 0 Å². The van der Waals surface area contributed by atoms with E-state index >= 15 is 0 Å².